The average Bonchev–Trinajstić information content (AvgIpc) is 3.13. The Kier molecular flexibility index (Phi) is 4.82. The monoisotopic (exact) mass is 478 g/mol. The summed E-state index contributed by atoms with van der Waals surface area (Å²) in [5.74, 6) is -7.22. The van der Waals surface area contributed by atoms with Gasteiger partial charge < -0.3 is 9.84 Å². The summed E-state index contributed by atoms with van der Waals surface area (Å²) in [5, 5.41) is 10.6. The van der Waals surface area contributed by atoms with E-state index < -0.39 is 59.4 Å². The summed E-state index contributed by atoms with van der Waals surface area (Å²) in [6, 6.07) is 3.02. The third-order valence-electron chi connectivity index (χ3n) is 7.66. The van der Waals surface area contributed by atoms with Crippen LogP contribution in [0.15, 0.2) is 29.8 Å². The van der Waals surface area contributed by atoms with Crippen molar-refractivity contribution in [3.05, 3.63) is 35.4 Å². The molecule has 4 aliphatic rings. The summed E-state index contributed by atoms with van der Waals surface area (Å²) in [6.45, 7) is 0. The quantitative estimate of drug-likeness (QED) is 0.516. The Bertz CT molecular complexity index is 1160. The van der Waals surface area contributed by atoms with Crippen LogP contribution in [-0.4, -0.2) is 59.0 Å². The number of ether oxygens (including phenoxy) is 1. The normalized spacial score (nSPS) is 33.0. The van der Waals surface area contributed by atoms with Crippen molar-refractivity contribution in [1.29, 1.82) is 0 Å². The topological polar surface area (TPSA) is 104 Å². The molecule has 4 amide bonds. The first-order valence-electron chi connectivity index (χ1n) is 10.8. The van der Waals surface area contributed by atoms with E-state index in [1.165, 1.54) is 14.1 Å². The van der Waals surface area contributed by atoms with Gasteiger partial charge in [0, 0.05) is 25.6 Å². The van der Waals surface area contributed by atoms with Gasteiger partial charge in [0.1, 0.15) is 11.5 Å². The van der Waals surface area contributed by atoms with Gasteiger partial charge in [-0.2, -0.15) is 0 Å². The fraction of sp³-hybridized carbons (Fsp3) is 0.478. The van der Waals surface area contributed by atoms with Gasteiger partial charge in [0.15, 0.2) is 0 Å². The van der Waals surface area contributed by atoms with Gasteiger partial charge in [-0.25, -0.2) is 0 Å². The minimum Gasteiger partial charge on any atom is -0.508 e. The Morgan fingerprint density at radius 2 is 1.53 bits per heavy atom. The largest absolute Gasteiger partial charge is 0.573 e. The highest BCUT2D eigenvalue weighted by Crippen LogP contribution is 2.58. The van der Waals surface area contributed by atoms with E-state index in [0.717, 1.165) is 28.0 Å². The molecule has 2 heterocycles. The van der Waals surface area contributed by atoms with Gasteiger partial charge in [0.25, 0.3) is 0 Å². The molecule has 180 valence electrons. The molecule has 11 heteroatoms. The number of rotatable bonds is 2. The molecule has 6 atom stereocenters. The number of alkyl halides is 3. The van der Waals surface area contributed by atoms with Crippen LogP contribution >= 0.6 is 0 Å². The molecule has 0 spiro atoms. The van der Waals surface area contributed by atoms with Crippen molar-refractivity contribution in [2.24, 2.45) is 29.6 Å². The zero-order valence-electron chi connectivity index (χ0n) is 18.2. The standard InChI is InChI=1S/C23H21F3N2O6/c1-27-19(30)11-5-4-10-12(17(11)21(27)32)8-14-18(22(33)28(2)20(14)31)16(10)13-7-9(3-6-15(13)29)34-23(24,25)26/h3-4,6-7,11-12,14,16-18,29H,5,8H2,1-2H3. The molecule has 1 aromatic rings. The number of halogens is 3. The summed E-state index contributed by atoms with van der Waals surface area (Å²) in [7, 11) is 2.73. The zero-order valence-corrected chi connectivity index (χ0v) is 18.2. The van der Waals surface area contributed by atoms with Crippen molar-refractivity contribution in [2.75, 3.05) is 14.1 Å². The van der Waals surface area contributed by atoms with Crippen molar-refractivity contribution in [1.82, 2.24) is 9.80 Å². The second-order valence-corrected chi connectivity index (χ2v) is 9.26. The number of aromatic hydroxyl groups is 1. The molecule has 0 bridgehead atoms. The van der Waals surface area contributed by atoms with Crippen molar-refractivity contribution < 1.29 is 42.2 Å². The van der Waals surface area contributed by atoms with E-state index in [0.29, 0.717) is 5.57 Å². The average molecular weight is 478 g/mol. The third-order valence-corrected chi connectivity index (χ3v) is 7.66. The smallest absolute Gasteiger partial charge is 0.508 e. The summed E-state index contributed by atoms with van der Waals surface area (Å²) in [5.41, 5.74) is 0.586. The molecule has 0 radical (unpaired) electrons. The molecule has 5 rings (SSSR count). The third kappa shape index (κ3) is 3.13. The molecule has 8 nitrogen and oxygen atoms in total. The van der Waals surface area contributed by atoms with E-state index >= 15 is 0 Å². The van der Waals surface area contributed by atoms with E-state index in [9.17, 15) is 37.5 Å². The molecule has 1 saturated carbocycles. The van der Waals surface area contributed by atoms with Gasteiger partial charge in [-0.15, -0.1) is 13.2 Å². The molecule has 1 aromatic carbocycles. The summed E-state index contributed by atoms with van der Waals surface area (Å²) >= 11 is 0. The lowest BCUT2D eigenvalue weighted by molar-refractivity contribution is -0.274. The number of phenolic OH excluding ortho intramolecular Hbond substituents is 1. The molecule has 0 aromatic heterocycles. The molecule has 2 aliphatic carbocycles. The van der Waals surface area contributed by atoms with Gasteiger partial charge in [-0.1, -0.05) is 11.6 Å². The Balaban J connectivity index is 1.66. The fourth-order valence-corrected chi connectivity index (χ4v) is 6.23. The van der Waals surface area contributed by atoms with Gasteiger partial charge in [-0.3, -0.25) is 29.0 Å². The van der Waals surface area contributed by atoms with Crippen LogP contribution < -0.4 is 4.74 Å². The maximum Gasteiger partial charge on any atom is 0.573 e. The maximum atomic E-state index is 13.1. The highest BCUT2D eigenvalue weighted by molar-refractivity contribution is 6.07. The van der Waals surface area contributed by atoms with E-state index in [1.807, 2.05) is 0 Å². The minimum atomic E-state index is -4.97. The highest BCUT2D eigenvalue weighted by Gasteiger charge is 2.61. The summed E-state index contributed by atoms with van der Waals surface area (Å²) in [6.07, 6.45) is -2.85. The first kappa shape index (κ1) is 22.4. The van der Waals surface area contributed by atoms with Gasteiger partial charge in [0.05, 0.1) is 23.7 Å². The predicted molar refractivity (Wildman–Crippen MR) is 108 cm³/mol. The van der Waals surface area contributed by atoms with Crippen LogP contribution in [0.1, 0.15) is 24.3 Å². The number of carbonyl (C=O) groups excluding carboxylic acids is 4. The van der Waals surface area contributed by atoms with E-state index in [1.54, 1.807) is 6.08 Å². The van der Waals surface area contributed by atoms with Crippen molar-refractivity contribution in [2.45, 2.75) is 25.1 Å². The maximum absolute atomic E-state index is 13.1. The van der Waals surface area contributed by atoms with Crippen LogP contribution in [0.5, 0.6) is 11.5 Å². The lowest BCUT2D eigenvalue weighted by Gasteiger charge is -2.44. The van der Waals surface area contributed by atoms with Crippen LogP contribution in [0.4, 0.5) is 13.2 Å². The first-order chi connectivity index (χ1) is 15.9. The highest BCUT2D eigenvalue weighted by atomic mass is 19.4. The van der Waals surface area contributed by atoms with Gasteiger partial charge >= 0.3 is 6.36 Å². The Labute approximate surface area is 191 Å². The molecule has 2 aliphatic heterocycles. The lowest BCUT2D eigenvalue weighted by atomic mass is 9.57. The number of carbonyl (C=O) groups is 4. The van der Waals surface area contributed by atoms with Crippen LogP contribution in [-0.2, 0) is 19.2 Å². The van der Waals surface area contributed by atoms with Crippen molar-refractivity contribution in [3.63, 3.8) is 0 Å². The summed E-state index contributed by atoms with van der Waals surface area (Å²) < 4.78 is 42.6. The number of likely N-dealkylation sites (tertiary alicyclic amines) is 2. The summed E-state index contributed by atoms with van der Waals surface area (Å²) in [4.78, 5) is 53.6. The molecule has 1 N–H and O–H groups in total. The van der Waals surface area contributed by atoms with Crippen LogP contribution in [0.2, 0.25) is 0 Å². The van der Waals surface area contributed by atoms with E-state index in [-0.39, 0.29) is 36.0 Å². The Morgan fingerprint density at radius 3 is 2.18 bits per heavy atom. The number of fused-ring (bicyclic) bond motifs is 4. The number of allylic oxidation sites excluding steroid dienone is 2. The fourth-order valence-electron chi connectivity index (χ4n) is 6.23. The second kappa shape index (κ2) is 7.31. The Hall–Kier alpha value is -3.37. The van der Waals surface area contributed by atoms with Gasteiger partial charge in [0.2, 0.25) is 23.6 Å². The number of phenols is 1. The van der Waals surface area contributed by atoms with Crippen molar-refractivity contribution >= 4 is 23.6 Å². The number of benzene rings is 1. The molecule has 34 heavy (non-hydrogen) atoms. The number of amides is 4. The SMILES string of the molecule is CN1C(=O)C2CC=C3C(CC4C(=O)N(C)C(=O)C4C3c3cc(OC(F)(F)F)ccc3O)C2C1=O. The zero-order chi connectivity index (χ0) is 24.7. The van der Waals surface area contributed by atoms with Crippen LogP contribution in [0.3, 0.4) is 0 Å². The predicted octanol–water partition coefficient (Wildman–Crippen LogP) is 2.19. The number of imide groups is 2. The van der Waals surface area contributed by atoms with E-state index in [2.05, 4.69) is 4.74 Å². The molecular weight excluding hydrogens is 457 g/mol. The molecule has 6 unspecified atom stereocenters. The van der Waals surface area contributed by atoms with Gasteiger partial charge in [-0.05, 0) is 37.0 Å². The first-order valence-corrected chi connectivity index (χ1v) is 10.8. The molecule has 3 fully saturated rings. The van der Waals surface area contributed by atoms with Crippen LogP contribution in [0, 0.1) is 29.6 Å². The number of nitrogens with zero attached hydrogens (tertiary/aromatic N) is 2. The number of hydrogen-bond acceptors (Lipinski definition) is 6. The Morgan fingerprint density at radius 1 is 0.912 bits per heavy atom. The van der Waals surface area contributed by atoms with E-state index in [4.69, 9.17) is 0 Å². The van der Waals surface area contributed by atoms with Crippen LogP contribution in [0.25, 0.3) is 0 Å². The minimum absolute atomic E-state index is 0.00715. The number of hydrogen-bond donors (Lipinski definition) is 1. The van der Waals surface area contributed by atoms with Crippen molar-refractivity contribution in [3.8, 4) is 11.5 Å². The lowest BCUT2D eigenvalue weighted by Crippen LogP contribution is -2.43. The molecule has 2 saturated heterocycles. The molecular formula is C23H21F3N2O6. The second-order valence-electron chi connectivity index (χ2n) is 9.26.